The first kappa shape index (κ1) is 27.5. The van der Waals surface area contributed by atoms with Gasteiger partial charge in [0, 0.05) is 5.41 Å². The molecule has 0 aromatic heterocycles. The molecule has 0 aliphatic rings. The van der Waals surface area contributed by atoms with E-state index in [-0.39, 0.29) is 11.2 Å². The van der Waals surface area contributed by atoms with E-state index in [9.17, 15) is 9.90 Å². The molecule has 5 aromatic carbocycles. The minimum absolute atomic E-state index is 0.0992. The van der Waals surface area contributed by atoms with Crippen LogP contribution in [0.2, 0.25) is 0 Å². The van der Waals surface area contributed by atoms with Gasteiger partial charge in [-0.1, -0.05) is 98.8 Å². The molecule has 0 atom stereocenters. The van der Waals surface area contributed by atoms with Gasteiger partial charge in [0.05, 0.1) is 0 Å². The Hall–Kier alpha value is -5.03. The van der Waals surface area contributed by atoms with Crippen LogP contribution >= 0.6 is 0 Å². The summed E-state index contributed by atoms with van der Waals surface area (Å²) in [5.41, 5.74) is 3.07. The highest BCUT2D eigenvalue weighted by Gasteiger charge is 2.22. The fourth-order valence-electron chi connectivity index (χ4n) is 4.61. The second-order valence-electron chi connectivity index (χ2n) is 10.2. The second kappa shape index (κ2) is 12.4. The Morgan fingerprint density at radius 3 is 1.83 bits per heavy atom. The fraction of sp³-hybridized carbons (Fsp3) is 0.139. The van der Waals surface area contributed by atoms with Crippen molar-refractivity contribution in [3.05, 3.63) is 144 Å². The van der Waals surface area contributed by atoms with E-state index in [4.69, 9.17) is 14.2 Å². The molecule has 0 aliphatic heterocycles. The standard InChI is InChI=1S/C36H32O5/c1-36(2,29-10-4-3-5-11-29)30-15-20-32(21-16-30)40-23-22-39-31-17-12-26(13-18-31)24-34(35(37)38)41-33-19-14-27-8-6-7-9-28(27)25-33/h3-21,24-25H,22-23H2,1-2H3,(H,37,38). The molecular formula is C36H32O5. The van der Waals surface area contributed by atoms with Gasteiger partial charge in [0.1, 0.15) is 30.5 Å². The third-order valence-electron chi connectivity index (χ3n) is 7.03. The molecular weight excluding hydrogens is 512 g/mol. The van der Waals surface area contributed by atoms with Crippen LogP contribution in [-0.4, -0.2) is 24.3 Å². The molecule has 41 heavy (non-hydrogen) atoms. The molecule has 0 saturated heterocycles. The van der Waals surface area contributed by atoms with Crippen LogP contribution in [0.4, 0.5) is 0 Å². The van der Waals surface area contributed by atoms with Gasteiger partial charge in [-0.25, -0.2) is 4.79 Å². The molecule has 5 heteroatoms. The minimum atomic E-state index is -1.15. The molecule has 5 rings (SSSR count). The van der Waals surface area contributed by atoms with Crippen LogP contribution in [0.15, 0.2) is 127 Å². The number of benzene rings is 5. The molecule has 0 bridgehead atoms. The van der Waals surface area contributed by atoms with E-state index in [2.05, 4.69) is 50.2 Å². The van der Waals surface area contributed by atoms with Crippen molar-refractivity contribution in [2.45, 2.75) is 19.3 Å². The van der Waals surface area contributed by atoms with E-state index >= 15 is 0 Å². The highest BCUT2D eigenvalue weighted by molar-refractivity contribution is 5.91. The van der Waals surface area contributed by atoms with Gasteiger partial charge in [0.25, 0.3) is 0 Å². The van der Waals surface area contributed by atoms with Crippen molar-refractivity contribution in [2.75, 3.05) is 13.2 Å². The lowest BCUT2D eigenvalue weighted by molar-refractivity contribution is -0.134. The summed E-state index contributed by atoms with van der Waals surface area (Å²) in [5, 5.41) is 11.7. The van der Waals surface area contributed by atoms with Crippen LogP contribution in [0.25, 0.3) is 16.8 Å². The molecule has 5 aromatic rings. The van der Waals surface area contributed by atoms with Crippen molar-refractivity contribution < 1.29 is 24.1 Å². The number of rotatable bonds is 11. The van der Waals surface area contributed by atoms with Crippen molar-refractivity contribution >= 4 is 22.8 Å². The SMILES string of the molecule is CC(C)(c1ccccc1)c1ccc(OCCOc2ccc(C=C(Oc3ccc4ccccc4c3)C(=O)O)cc2)cc1. The lowest BCUT2D eigenvalue weighted by atomic mass is 9.78. The molecule has 0 amide bonds. The van der Waals surface area contributed by atoms with Gasteiger partial charge in [-0.05, 0) is 69.9 Å². The van der Waals surface area contributed by atoms with E-state index in [0.29, 0.717) is 30.3 Å². The summed E-state index contributed by atoms with van der Waals surface area (Å²) in [6, 6.07) is 39.1. The molecule has 0 fully saturated rings. The number of fused-ring (bicyclic) bond motifs is 1. The Labute approximate surface area is 240 Å². The zero-order chi connectivity index (χ0) is 28.7. The van der Waals surface area contributed by atoms with E-state index in [0.717, 1.165) is 16.5 Å². The van der Waals surface area contributed by atoms with Gasteiger partial charge >= 0.3 is 5.97 Å². The summed E-state index contributed by atoms with van der Waals surface area (Å²) in [5.74, 6) is 0.604. The zero-order valence-corrected chi connectivity index (χ0v) is 23.1. The maximum atomic E-state index is 11.8. The molecule has 0 unspecified atom stereocenters. The summed E-state index contributed by atoms with van der Waals surface area (Å²) >= 11 is 0. The average Bonchev–Trinajstić information content (AvgIpc) is 3.00. The van der Waals surface area contributed by atoms with Crippen molar-refractivity contribution in [3.63, 3.8) is 0 Å². The van der Waals surface area contributed by atoms with Crippen LogP contribution < -0.4 is 14.2 Å². The van der Waals surface area contributed by atoms with Gasteiger partial charge in [-0.15, -0.1) is 0 Å². The quantitative estimate of drug-likeness (QED) is 0.103. The van der Waals surface area contributed by atoms with Crippen LogP contribution in [0.5, 0.6) is 17.2 Å². The highest BCUT2D eigenvalue weighted by atomic mass is 16.5. The number of aliphatic carboxylic acids is 1. The normalized spacial score (nSPS) is 11.7. The van der Waals surface area contributed by atoms with Crippen LogP contribution in [0.3, 0.4) is 0 Å². The highest BCUT2D eigenvalue weighted by Crippen LogP contribution is 2.32. The first-order chi connectivity index (χ1) is 19.9. The predicted molar refractivity (Wildman–Crippen MR) is 163 cm³/mol. The van der Waals surface area contributed by atoms with Gasteiger partial charge in [-0.2, -0.15) is 0 Å². The van der Waals surface area contributed by atoms with E-state index < -0.39 is 5.97 Å². The third kappa shape index (κ3) is 6.95. The monoisotopic (exact) mass is 544 g/mol. The topological polar surface area (TPSA) is 65.0 Å². The second-order valence-corrected chi connectivity index (χ2v) is 10.2. The maximum Gasteiger partial charge on any atom is 0.371 e. The summed E-state index contributed by atoms with van der Waals surface area (Å²) in [4.78, 5) is 11.8. The third-order valence-corrected chi connectivity index (χ3v) is 7.03. The Morgan fingerprint density at radius 1 is 0.659 bits per heavy atom. The Morgan fingerprint density at radius 2 is 1.20 bits per heavy atom. The average molecular weight is 545 g/mol. The Kier molecular flexibility index (Phi) is 8.35. The number of ether oxygens (including phenoxy) is 3. The lowest BCUT2D eigenvalue weighted by Gasteiger charge is -2.26. The number of hydrogen-bond acceptors (Lipinski definition) is 4. The van der Waals surface area contributed by atoms with Gasteiger partial charge in [0.15, 0.2) is 0 Å². The lowest BCUT2D eigenvalue weighted by Crippen LogP contribution is -2.18. The molecule has 206 valence electrons. The number of carboxylic acid groups (broad SMARTS) is 1. The Balaban J connectivity index is 1.13. The molecule has 1 N–H and O–H groups in total. The van der Waals surface area contributed by atoms with Crippen molar-refractivity contribution in [2.24, 2.45) is 0 Å². The zero-order valence-electron chi connectivity index (χ0n) is 23.1. The molecule has 0 heterocycles. The Bertz CT molecular complexity index is 1640. The van der Waals surface area contributed by atoms with Gasteiger partial charge < -0.3 is 19.3 Å². The molecule has 0 saturated carbocycles. The largest absolute Gasteiger partial charge is 0.490 e. The number of carboxylic acids is 1. The molecule has 5 nitrogen and oxygen atoms in total. The summed E-state index contributed by atoms with van der Waals surface area (Å²) in [7, 11) is 0. The van der Waals surface area contributed by atoms with Crippen LogP contribution in [0.1, 0.15) is 30.5 Å². The summed E-state index contributed by atoms with van der Waals surface area (Å²) in [6.07, 6.45) is 1.49. The number of hydrogen-bond donors (Lipinski definition) is 1. The molecule has 0 aliphatic carbocycles. The summed E-state index contributed by atoms with van der Waals surface area (Å²) < 4.78 is 17.4. The first-order valence-electron chi connectivity index (χ1n) is 13.5. The maximum absolute atomic E-state index is 11.8. The van der Waals surface area contributed by atoms with Gasteiger partial charge in [-0.3, -0.25) is 0 Å². The van der Waals surface area contributed by atoms with Crippen molar-refractivity contribution in [1.82, 2.24) is 0 Å². The van der Waals surface area contributed by atoms with Crippen molar-refractivity contribution in [1.29, 1.82) is 0 Å². The molecule has 0 spiro atoms. The minimum Gasteiger partial charge on any atom is -0.490 e. The number of carbonyl (C=O) groups is 1. The van der Waals surface area contributed by atoms with Crippen molar-refractivity contribution in [3.8, 4) is 17.2 Å². The van der Waals surface area contributed by atoms with Crippen LogP contribution in [0, 0.1) is 0 Å². The van der Waals surface area contributed by atoms with E-state index in [1.807, 2.05) is 54.6 Å². The van der Waals surface area contributed by atoms with Gasteiger partial charge in [0.2, 0.25) is 5.76 Å². The predicted octanol–water partition coefficient (Wildman–Crippen LogP) is 8.13. The van der Waals surface area contributed by atoms with E-state index in [1.54, 1.807) is 30.3 Å². The summed E-state index contributed by atoms with van der Waals surface area (Å²) in [6.45, 7) is 5.20. The first-order valence-corrected chi connectivity index (χ1v) is 13.5. The van der Waals surface area contributed by atoms with Crippen LogP contribution in [-0.2, 0) is 10.2 Å². The molecule has 0 radical (unpaired) electrons. The smallest absolute Gasteiger partial charge is 0.371 e. The van der Waals surface area contributed by atoms with E-state index in [1.165, 1.54) is 17.2 Å². The fourth-order valence-corrected chi connectivity index (χ4v) is 4.61.